The zero-order valence-electron chi connectivity index (χ0n) is 17.5. The van der Waals surface area contributed by atoms with Crippen LogP contribution in [0, 0.1) is 0 Å². The Balaban J connectivity index is 0.000000222. The maximum Gasteiger partial charge on any atom is 0.232 e. The van der Waals surface area contributed by atoms with Gasteiger partial charge in [-0.1, -0.05) is 19.1 Å². The van der Waals surface area contributed by atoms with E-state index in [2.05, 4.69) is 27.8 Å². The number of carbonyl (C=O) groups is 1. The molecular formula is C22H31N3O4S. The number of nitrogens with zero attached hydrogens (tertiary/aromatic N) is 2. The third-order valence-electron chi connectivity index (χ3n) is 4.46. The van der Waals surface area contributed by atoms with Crippen LogP contribution in [0.4, 0.5) is 0 Å². The van der Waals surface area contributed by atoms with Gasteiger partial charge in [-0.3, -0.25) is 13.9 Å². The van der Waals surface area contributed by atoms with Gasteiger partial charge in [-0.25, -0.2) is 4.98 Å². The van der Waals surface area contributed by atoms with Gasteiger partial charge in [-0.15, -0.1) is 0 Å². The summed E-state index contributed by atoms with van der Waals surface area (Å²) in [6.07, 6.45) is 9.10. The molecule has 1 aliphatic heterocycles. The number of pyridine rings is 1. The quantitative estimate of drug-likeness (QED) is 0.612. The smallest absolute Gasteiger partial charge is 0.232 e. The summed E-state index contributed by atoms with van der Waals surface area (Å²) < 4.78 is 21.7. The summed E-state index contributed by atoms with van der Waals surface area (Å²) in [7, 11) is 0.335. The predicted octanol–water partition coefficient (Wildman–Crippen LogP) is 2.91. The van der Waals surface area contributed by atoms with Crippen molar-refractivity contribution in [3.8, 4) is 5.88 Å². The molecule has 2 aromatic rings. The Hall–Kier alpha value is -2.45. The number of likely N-dealkylation sites (tertiary alicyclic amines) is 1. The van der Waals surface area contributed by atoms with Gasteiger partial charge < -0.3 is 14.5 Å². The van der Waals surface area contributed by atoms with E-state index in [-0.39, 0.29) is 11.7 Å². The third-order valence-corrected chi connectivity index (χ3v) is 5.65. The van der Waals surface area contributed by atoms with Crippen molar-refractivity contribution in [1.82, 2.24) is 15.2 Å². The Morgan fingerprint density at radius 2 is 2.17 bits per heavy atom. The van der Waals surface area contributed by atoms with Crippen LogP contribution in [0.2, 0.25) is 0 Å². The molecule has 3 rings (SSSR count). The number of ether oxygens (including phenoxy) is 1. The van der Waals surface area contributed by atoms with E-state index in [0.29, 0.717) is 24.0 Å². The molecule has 1 saturated heterocycles. The van der Waals surface area contributed by atoms with Crippen molar-refractivity contribution in [3.63, 3.8) is 0 Å². The van der Waals surface area contributed by atoms with E-state index < -0.39 is 10.8 Å². The van der Waals surface area contributed by atoms with Crippen LogP contribution in [0.1, 0.15) is 30.6 Å². The van der Waals surface area contributed by atoms with E-state index in [4.69, 9.17) is 9.15 Å². The van der Waals surface area contributed by atoms with Crippen molar-refractivity contribution >= 4 is 16.7 Å². The summed E-state index contributed by atoms with van der Waals surface area (Å²) in [4.78, 5) is 17.5. The molecule has 7 nitrogen and oxygen atoms in total. The first-order valence-corrected chi connectivity index (χ1v) is 11.6. The number of furan rings is 1. The van der Waals surface area contributed by atoms with E-state index >= 15 is 0 Å². The van der Waals surface area contributed by atoms with E-state index in [1.165, 1.54) is 51.2 Å². The molecule has 1 N–H and O–H groups in total. The lowest BCUT2D eigenvalue weighted by atomic mass is 10.1. The van der Waals surface area contributed by atoms with Gasteiger partial charge in [-0.2, -0.15) is 0 Å². The van der Waals surface area contributed by atoms with Crippen molar-refractivity contribution in [2.24, 2.45) is 0 Å². The largest absolute Gasteiger partial charge is 0.473 e. The predicted molar refractivity (Wildman–Crippen MR) is 119 cm³/mol. The molecule has 1 fully saturated rings. The standard InChI is InChI=1S/C14H20N2O.C8H11NO3S/c1-2-10-17-14-11-13(6-7-15-14)12-16-8-4-3-5-9-16;1-9-8(10)6-13(11)5-7-3-2-4-12-7/h2,6-7,11H,1,3-5,8-10,12H2;2-4H,5-6H2,1H3,(H,9,10). The van der Waals surface area contributed by atoms with Gasteiger partial charge in [0.15, 0.2) is 0 Å². The fourth-order valence-electron chi connectivity index (χ4n) is 2.97. The molecule has 0 spiro atoms. The Labute approximate surface area is 181 Å². The van der Waals surface area contributed by atoms with E-state index in [0.717, 1.165) is 6.54 Å². The highest BCUT2D eigenvalue weighted by Crippen LogP contribution is 2.15. The number of hydrogen-bond acceptors (Lipinski definition) is 6. The zero-order valence-corrected chi connectivity index (χ0v) is 18.4. The molecule has 0 aromatic carbocycles. The first-order valence-electron chi connectivity index (χ1n) is 10.1. The number of hydrogen-bond donors (Lipinski definition) is 1. The Kier molecular flexibility index (Phi) is 10.9. The molecule has 0 aliphatic carbocycles. The number of nitrogens with one attached hydrogen (secondary N) is 1. The van der Waals surface area contributed by atoms with Gasteiger partial charge in [-0.05, 0) is 49.7 Å². The topological polar surface area (TPSA) is 84.7 Å². The van der Waals surface area contributed by atoms with Crippen molar-refractivity contribution in [3.05, 3.63) is 60.7 Å². The monoisotopic (exact) mass is 433 g/mol. The molecule has 1 aliphatic rings. The maximum atomic E-state index is 11.3. The van der Waals surface area contributed by atoms with Crippen LogP contribution in [0.5, 0.6) is 5.88 Å². The molecule has 0 radical (unpaired) electrons. The lowest BCUT2D eigenvalue weighted by molar-refractivity contribution is -0.118. The highest BCUT2D eigenvalue weighted by molar-refractivity contribution is 7.84. The molecule has 0 bridgehead atoms. The van der Waals surface area contributed by atoms with Crippen molar-refractivity contribution in [2.45, 2.75) is 31.6 Å². The first kappa shape index (κ1) is 23.8. The summed E-state index contributed by atoms with van der Waals surface area (Å²) in [6, 6.07) is 7.56. The van der Waals surface area contributed by atoms with E-state index in [1.54, 1.807) is 18.2 Å². The zero-order chi connectivity index (χ0) is 21.6. The summed E-state index contributed by atoms with van der Waals surface area (Å²) in [6.45, 7) is 7.58. The summed E-state index contributed by atoms with van der Waals surface area (Å²) >= 11 is 0. The Morgan fingerprint density at radius 3 is 2.83 bits per heavy atom. The second-order valence-corrected chi connectivity index (χ2v) is 8.38. The Bertz CT molecular complexity index is 789. The molecule has 30 heavy (non-hydrogen) atoms. The van der Waals surface area contributed by atoms with Crippen LogP contribution < -0.4 is 10.1 Å². The molecule has 1 amide bonds. The molecule has 1 unspecified atom stereocenters. The average molecular weight is 434 g/mol. The van der Waals surface area contributed by atoms with Crippen molar-refractivity contribution in [2.75, 3.05) is 32.5 Å². The molecule has 1 atom stereocenters. The van der Waals surface area contributed by atoms with Gasteiger partial charge in [0.1, 0.15) is 18.1 Å². The summed E-state index contributed by atoms with van der Waals surface area (Å²) in [5.41, 5.74) is 1.28. The molecular weight excluding hydrogens is 402 g/mol. The minimum Gasteiger partial charge on any atom is -0.473 e. The minimum atomic E-state index is -1.19. The lowest BCUT2D eigenvalue weighted by Gasteiger charge is -2.26. The SMILES string of the molecule is C=CCOc1cc(CN2CCCCC2)ccn1.CNC(=O)CS(=O)Cc1ccco1. The normalized spacial score (nSPS) is 14.8. The second-order valence-electron chi connectivity index (χ2n) is 6.92. The molecule has 0 saturated carbocycles. The molecule has 2 aromatic heterocycles. The van der Waals surface area contributed by atoms with Gasteiger partial charge in [0.2, 0.25) is 11.8 Å². The number of rotatable bonds is 9. The second kappa shape index (κ2) is 13.7. The van der Waals surface area contributed by atoms with Gasteiger partial charge >= 0.3 is 0 Å². The van der Waals surface area contributed by atoms with E-state index in [1.807, 2.05) is 12.3 Å². The Morgan fingerprint density at radius 1 is 1.37 bits per heavy atom. The first-order chi connectivity index (χ1) is 14.6. The molecule has 164 valence electrons. The van der Waals surface area contributed by atoms with Gasteiger partial charge in [0.25, 0.3) is 0 Å². The molecule has 3 heterocycles. The van der Waals surface area contributed by atoms with E-state index in [9.17, 15) is 9.00 Å². The molecule has 8 heteroatoms. The number of piperidine rings is 1. The van der Waals surface area contributed by atoms with Crippen LogP contribution in [0.15, 0.2) is 53.8 Å². The van der Waals surface area contributed by atoms with Crippen LogP contribution in [-0.2, 0) is 27.9 Å². The van der Waals surface area contributed by atoms with Crippen molar-refractivity contribution < 1.29 is 18.2 Å². The number of aromatic nitrogens is 1. The summed E-state index contributed by atoms with van der Waals surface area (Å²) in [5, 5.41) is 2.41. The highest BCUT2D eigenvalue weighted by Gasteiger charge is 2.11. The fourth-order valence-corrected chi connectivity index (χ4v) is 3.99. The summed E-state index contributed by atoms with van der Waals surface area (Å²) in [5.74, 6) is 1.43. The van der Waals surface area contributed by atoms with Crippen LogP contribution >= 0.6 is 0 Å². The minimum absolute atomic E-state index is 0.0250. The van der Waals surface area contributed by atoms with Gasteiger partial charge in [0, 0.05) is 36.7 Å². The average Bonchev–Trinajstić information content (AvgIpc) is 3.26. The van der Waals surface area contributed by atoms with Gasteiger partial charge in [0.05, 0.1) is 12.0 Å². The number of amides is 1. The van der Waals surface area contributed by atoms with Crippen LogP contribution in [-0.4, -0.2) is 52.5 Å². The van der Waals surface area contributed by atoms with Crippen LogP contribution in [0.3, 0.4) is 0 Å². The highest BCUT2D eigenvalue weighted by atomic mass is 32.2. The third kappa shape index (κ3) is 9.37. The fraction of sp³-hybridized carbons (Fsp3) is 0.455. The maximum absolute atomic E-state index is 11.3. The number of carbonyl (C=O) groups excluding carboxylic acids is 1. The van der Waals surface area contributed by atoms with Crippen molar-refractivity contribution in [1.29, 1.82) is 0 Å². The lowest BCUT2D eigenvalue weighted by Crippen LogP contribution is -2.29. The van der Waals surface area contributed by atoms with Crippen LogP contribution in [0.25, 0.3) is 0 Å².